The van der Waals surface area contributed by atoms with Gasteiger partial charge in [0.25, 0.3) is 0 Å². The topological polar surface area (TPSA) is 39.9 Å². The molecule has 0 bridgehead atoms. The largest absolute Gasteiger partial charge is 0.465 e. The lowest BCUT2D eigenvalue weighted by Crippen LogP contribution is -2.53. The van der Waals surface area contributed by atoms with Crippen LogP contribution in [0.15, 0.2) is 16.5 Å². The van der Waals surface area contributed by atoms with Crippen molar-refractivity contribution < 1.29 is 9.52 Å². The van der Waals surface area contributed by atoms with E-state index in [9.17, 15) is 5.11 Å². The molecule has 0 saturated carbocycles. The Kier molecular flexibility index (Phi) is 6.93. The first-order chi connectivity index (χ1) is 10.7. The average Bonchev–Trinajstić information content (AvgIpc) is 2.92. The second-order valence-corrected chi connectivity index (χ2v) is 6.59. The quantitative estimate of drug-likeness (QED) is 0.801. The fourth-order valence-electron chi connectivity index (χ4n) is 3.44. The summed E-state index contributed by atoms with van der Waals surface area (Å²) in [7, 11) is 0. The van der Waals surface area contributed by atoms with E-state index < -0.39 is 0 Å². The van der Waals surface area contributed by atoms with E-state index in [1.807, 2.05) is 13.0 Å². The number of nitrogens with zero attached hydrogens (tertiary/aromatic N) is 2. The van der Waals surface area contributed by atoms with Gasteiger partial charge in [0, 0.05) is 38.8 Å². The van der Waals surface area contributed by atoms with E-state index in [0.717, 1.165) is 50.0 Å². The summed E-state index contributed by atoms with van der Waals surface area (Å²) in [4.78, 5) is 5.06. The molecule has 1 fully saturated rings. The molecule has 1 N–H and O–H groups in total. The summed E-state index contributed by atoms with van der Waals surface area (Å²) in [5.74, 6) is 2.81. The molecule has 0 radical (unpaired) electrons. The molecule has 4 nitrogen and oxygen atoms in total. The summed E-state index contributed by atoms with van der Waals surface area (Å²) in [5, 5.41) is 9.40. The van der Waals surface area contributed by atoms with Crippen molar-refractivity contribution in [3.63, 3.8) is 0 Å². The minimum absolute atomic E-state index is 0.261. The second-order valence-electron chi connectivity index (χ2n) is 6.59. The molecule has 1 aromatic heterocycles. The average molecular weight is 308 g/mol. The van der Waals surface area contributed by atoms with Crippen LogP contribution in [0.25, 0.3) is 0 Å². The number of furan rings is 1. The van der Waals surface area contributed by atoms with E-state index in [-0.39, 0.29) is 6.61 Å². The zero-order valence-electron chi connectivity index (χ0n) is 14.4. The number of piperazine rings is 1. The van der Waals surface area contributed by atoms with E-state index >= 15 is 0 Å². The van der Waals surface area contributed by atoms with Crippen molar-refractivity contribution in [2.75, 3.05) is 32.8 Å². The first kappa shape index (κ1) is 17.5. The van der Waals surface area contributed by atoms with Gasteiger partial charge in [0.2, 0.25) is 0 Å². The van der Waals surface area contributed by atoms with Gasteiger partial charge in [-0.3, -0.25) is 4.90 Å². The van der Waals surface area contributed by atoms with Crippen LogP contribution in [0.2, 0.25) is 0 Å². The summed E-state index contributed by atoms with van der Waals surface area (Å²) in [6.45, 7) is 12.1. The third-order valence-corrected chi connectivity index (χ3v) is 4.98. The SMILES string of the molecule is CCC(CC)CN1CCN(Cc2ccc(C)o2)[C@@H](CCO)C1. The Morgan fingerprint density at radius 1 is 1.27 bits per heavy atom. The standard InChI is InChI=1S/C18H32N2O2/c1-4-16(5-2)12-19-9-10-20(17(13-19)8-11-21)14-18-7-6-15(3)22-18/h6-7,16-17,21H,4-5,8-14H2,1-3H3/t17-/m0/s1. The second kappa shape index (κ2) is 8.70. The maximum absolute atomic E-state index is 9.40. The predicted molar refractivity (Wildman–Crippen MR) is 89.9 cm³/mol. The molecule has 1 aromatic rings. The third kappa shape index (κ3) is 4.83. The predicted octanol–water partition coefficient (Wildman–Crippen LogP) is 2.89. The minimum atomic E-state index is 0.261. The van der Waals surface area contributed by atoms with Crippen LogP contribution in [0.1, 0.15) is 44.6 Å². The molecular weight excluding hydrogens is 276 g/mol. The van der Waals surface area contributed by atoms with Gasteiger partial charge in [0.15, 0.2) is 0 Å². The highest BCUT2D eigenvalue weighted by Gasteiger charge is 2.28. The molecule has 0 amide bonds. The Morgan fingerprint density at radius 2 is 2.05 bits per heavy atom. The van der Waals surface area contributed by atoms with Crippen LogP contribution in [0.3, 0.4) is 0 Å². The molecule has 126 valence electrons. The lowest BCUT2D eigenvalue weighted by molar-refractivity contribution is 0.0410. The molecule has 0 aromatic carbocycles. The zero-order valence-corrected chi connectivity index (χ0v) is 14.4. The van der Waals surface area contributed by atoms with Crippen LogP contribution in [0.5, 0.6) is 0 Å². The van der Waals surface area contributed by atoms with Crippen LogP contribution in [0, 0.1) is 12.8 Å². The first-order valence-electron chi connectivity index (χ1n) is 8.78. The molecule has 2 rings (SSSR count). The molecule has 1 atom stereocenters. The fourth-order valence-corrected chi connectivity index (χ4v) is 3.44. The first-order valence-corrected chi connectivity index (χ1v) is 8.78. The van der Waals surface area contributed by atoms with E-state index in [1.165, 1.54) is 19.4 Å². The van der Waals surface area contributed by atoms with Crippen LogP contribution in [0.4, 0.5) is 0 Å². The van der Waals surface area contributed by atoms with Gasteiger partial charge in [-0.15, -0.1) is 0 Å². The van der Waals surface area contributed by atoms with E-state index in [1.54, 1.807) is 0 Å². The molecular formula is C18H32N2O2. The number of aryl methyl sites for hydroxylation is 1. The van der Waals surface area contributed by atoms with Crippen molar-refractivity contribution in [1.82, 2.24) is 9.80 Å². The molecule has 2 heterocycles. The van der Waals surface area contributed by atoms with Gasteiger partial charge in [-0.05, 0) is 31.4 Å². The summed E-state index contributed by atoms with van der Waals surface area (Å²) in [6, 6.07) is 4.53. The summed E-state index contributed by atoms with van der Waals surface area (Å²) in [5.41, 5.74) is 0. The van der Waals surface area contributed by atoms with E-state index in [2.05, 4.69) is 29.7 Å². The molecule has 4 heteroatoms. The molecule has 22 heavy (non-hydrogen) atoms. The lowest BCUT2D eigenvalue weighted by atomic mass is 10.0. The van der Waals surface area contributed by atoms with Crippen LogP contribution >= 0.6 is 0 Å². The maximum atomic E-state index is 9.40. The van der Waals surface area contributed by atoms with Crippen molar-refractivity contribution in [3.8, 4) is 0 Å². The molecule has 1 saturated heterocycles. The van der Waals surface area contributed by atoms with Crippen LogP contribution in [-0.4, -0.2) is 53.7 Å². The van der Waals surface area contributed by atoms with Crippen LogP contribution < -0.4 is 0 Å². The highest BCUT2D eigenvalue weighted by atomic mass is 16.3. The van der Waals surface area contributed by atoms with Crippen molar-refractivity contribution in [2.45, 2.75) is 52.6 Å². The van der Waals surface area contributed by atoms with Gasteiger partial charge in [-0.25, -0.2) is 0 Å². The van der Waals surface area contributed by atoms with Gasteiger partial charge in [0.1, 0.15) is 11.5 Å². The Bertz CT molecular complexity index is 428. The molecule has 0 aliphatic carbocycles. The van der Waals surface area contributed by atoms with Gasteiger partial charge in [-0.2, -0.15) is 0 Å². The molecule has 1 aliphatic heterocycles. The number of aliphatic hydroxyl groups excluding tert-OH is 1. The summed E-state index contributed by atoms with van der Waals surface area (Å²) >= 11 is 0. The Balaban J connectivity index is 1.92. The van der Waals surface area contributed by atoms with Crippen molar-refractivity contribution in [2.24, 2.45) is 5.92 Å². The molecule has 1 aliphatic rings. The van der Waals surface area contributed by atoms with Crippen molar-refractivity contribution >= 4 is 0 Å². The number of rotatable bonds is 8. The molecule has 0 unspecified atom stereocenters. The molecule has 0 spiro atoms. The summed E-state index contributed by atoms with van der Waals surface area (Å²) in [6.07, 6.45) is 3.36. The number of hydrogen-bond acceptors (Lipinski definition) is 4. The Labute approximate surface area is 135 Å². The van der Waals surface area contributed by atoms with Gasteiger partial charge >= 0.3 is 0 Å². The normalized spacial score (nSPS) is 20.9. The summed E-state index contributed by atoms with van der Waals surface area (Å²) < 4.78 is 5.72. The smallest absolute Gasteiger partial charge is 0.118 e. The highest BCUT2D eigenvalue weighted by molar-refractivity contribution is 5.06. The zero-order chi connectivity index (χ0) is 15.9. The monoisotopic (exact) mass is 308 g/mol. The van der Waals surface area contributed by atoms with Crippen molar-refractivity contribution in [3.05, 3.63) is 23.7 Å². The minimum Gasteiger partial charge on any atom is -0.465 e. The van der Waals surface area contributed by atoms with Crippen LogP contribution in [-0.2, 0) is 6.54 Å². The van der Waals surface area contributed by atoms with Gasteiger partial charge in [-0.1, -0.05) is 26.7 Å². The lowest BCUT2D eigenvalue weighted by Gasteiger charge is -2.42. The Hall–Kier alpha value is -0.840. The Morgan fingerprint density at radius 3 is 2.64 bits per heavy atom. The van der Waals surface area contributed by atoms with E-state index in [0.29, 0.717) is 6.04 Å². The number of aliphatic hydroxyl groups is 1. The fraction of sp³-hybridized carbons (Fsp3) is 0.778. The highest BCUT2D eigenvalue weighted by Crippen LogP contribution is 2.20. The van der Waals surface area contributed by atoms with Gasteiger partial charge in [0.05, 0.1) is 6.54 Å². The van der Waals surface area contributed by atoms with Gasteiger partial charge < -0.3 is 14.4 Å². The van der Waals surface area contributed by atoms with Crippen molar-refractivity contribution in [1.29, 1.82) is 0 Å². The third-order valence-electron chi connectivity index (χ3n) is 4.98. The maximum Gasteiger partial charge on any atom is 0.118 e. The number of hydrogen-bond donors (Lipinski definition) is 1. The van der Waals surface area contributed by atoms with E-state index in [4.69, 9.17) is 4.42 Å².